The Morgan fingerprint density at radius 3 is 3.00 bits per heavy atom. The minimum absolute atomic E-state index is 0.119. The van der Waals surface area contributed by atoms with Crippen LogP contribution in [0.1, 0.15) is 37.5 Å². The van der Waals surface area contributed by atoms with Gasteiger partial charge in [-0.15, -0.1) is 0 Å². The van der Waals surface area contributed by atoms with Crippen LogP contribution in [0, 0.1) is 0 Å². The molecule has 2 heteroatoms. The quantitative estimate of drug-likeness (QED) is 0.720. The van der Waals surface area contributed by atoms with Gasteiger partial charge < -0.3 is 10.1 Å². The molecule has 2 atom stereocenters. The molecule has 1 aliphatic carbocycles. The lowest BCUT2D eigenvalue weighted by atomic mass is 9.83. The molecule has 0 amide bonds. The van der Waals surface area contributed by atoms with Gasteiger partial charge in [0.1, 0.15) is 0 Å². The monoisotopic (exact) mass is 217 g/mol. The summed E-state index contributed by atoms with van der Waals surface area (Å²) in [7, 11) is 0. The van der Waals surface area contributed by atoms with Crippen molar-refractivity contribution in [3.8, 4) is 0 Å². The molecule has 3 rings (SSSR count). The molecule has 1 N–H and O–H groups in total. The molecule has 0 saturated carbocycles. The fraction of sp³-hybridized carbons (Fsp3) is 0.571. The summed E-state index contributed by atoms with van der Waals surface area (Å²) in [6.07, 6.45) is 2.62. The van der Waals surface area contributed by atoms with E-state index >= 15 is 0 Å². The van der Waals surface area contributed by atoms with Crippen LogP contribution in [-0.4, -0.2) is 18.2 Å². The van der Waals surface area contributed by atoms with Crippen molar-refractivity contribution in [1.82, 2.24) is 5.32 Å². The van der Waals surface area contributed by atoms with E-state index in [1.165, 1.54) is 24.0 Å². The van der Waals surface area contributed by atoms with Crippen molar-refractivity contribution < 1.29 is 4.74 Å². The lowest BCUT2D eigenvalue weighted by molar-refractivity contribution is -0.0603. The van der Waals surface area contributed by atoms with E-state index in [4.69, 9.17) is 4.74 Å². The molecule has 1 aromatic rings. The predicted molar refractivity (Wildman–Crippen MR) is 64.5 cm³/mol. The Labute approximate surface area is 97.0 Å². The van der Waals surface area contributed by atoms with Crippen LogP contribution in [0.4, 0.5) is 0 Å². The van der Waals surface area contributed by atoms with Crippen molar-refractivity contribution in [2.45, 2.75) is 44.4 Å². The number of ether oxygens (including phenoxy) is 1. The molecule has 1 fully saturated rings. The van der Waals surface area contributed by atoms with Crippen LogP contribution < -0.4 is 5.32 Å². The molecule has 1 heterocycles. The van der Waals surface area contributed by atoms with E-state index in [1.807, 2.05) is 0 Å². The van der Waals surface area contributed by atoms with Crippen LogP contribution in [0.15, 0.2) is 24.3 Å². The number of fused-ring (bicyclic) bond motifs is 3. The van der Waals surface area contributed by atoms with E-state index in [1.54, 1.807) is 0 Å². The molecule has 0 bridgehead atoms. The van der Waals surface area contributed by atoms with Gasteiger partial charge in [-0.3, -0.25) is 0 Å². The Kier molecular flexibility index (Phi) is 2.30. The van der Waals surface area contributed by atoms with E-state index in [0.29, 0.717) is 6.04 Å². The van der Waals surface area contributed by atoms with Crippen LogP contribution >= 0.6 is 0 Å². The summed E-state index contributed by atoms with van der Waals surface area (Å²) in [5.74, 6) is 0. The van der Waals surface area contributed by atoms with Gasteiger partial charge in [-0.05, 0) is 37.8 Å². The second kappa shape index (κ2) is 3.57. The molecule has 0 radical (unpaired) electrons. The van der Waals surface area contributed by atoms with E-state index in [0.717, 1.165) is 6.61 Å². The maximum absolute atomic E-state index is 6.06. The zero-order valence-corrected chi connectivity index (χ0v) is 9.99. The van der Waals surface area contributed by atoms with Gasteiger partial charge in [-0.25, -0.2) is 0 Å². The summed E-state index contributed by atoms with van der Waals surface area (Å²) in [5, 5.41) is 3.71. The van der Waals surface area contributed by atoms with Gasteiger partial charge in [0, 0.05) is 11.6 Å². The lowest BCUT2D eigenvalue weighted by Gasteiger charge is -2.45. The number of rotatable bonds is 0. The van der Waals surface area contributed by atoms with E-state index in [2.05, 4.69) is 43.4 Å². The largest absolute Gasteiger partial charge is 0.370 e. The first-order valence-electron chi connectivity index (χ1n) is 6.13. The first kappa shape index (κ1) is 10.3. The highest BCUT2D eigenvalue weighted by molar-refractivity contribution is 5.33. The third kappa shape index (κ3) is 1.66. The first-order valence-corrected chi connectivity index (χ1v) is 6.13. The molecule has 2 unspecified atom stereocenters. The Bertz CT molecular complexity index is 399. The molecule has 1 saturated heterocycles. The maximum Gasteiger partial charge on any atom is 0.0981 e. The van der Waals surface area contributed by atoms with Gasteiger partial charge in [-0.1, -0.05) is 24.3 Å². The van der Waals surface area contributed by atoms with Crippen molar-refractivity contribution in [2.75, 3.05) is 6.61 Å². The Hall–Kier alpha value is -0.860. The van der Waals surface area contributed by atoms with E-state index in [9.17, 15) is 0 Å². The van der Waals surface area contributed by atoms with Gasteiger partial charge in [-0.2, -0.15) is 0 Å². The lowest BCUT2D eigenvalue weighted by Crippen LogP contribution is -2.57. The highest BCUT2D eigenvalue weighted by atomic mass is 16.5. The van der Waals surface area contributed by atoms with Crippen molar-refractivity contribution in [1.29, 1.82) is 0 Å². The average molecular weight is 217 g/mol. The second-order valence-electron chi connectivity index (χ2n) is 5.60. The normalized spacial score (nSPS) is 31.6. The van der Waals surface area contributed by atoms with Crippen LogP contribution in [0.3, 0.4) is 0 Å². The molecule has 1 aliphatic heterocycles. The molecular weight excluding hydrogens is 198 g/mol. The summed E-state index contributed by atoms with van der Waals surface area (Å²) in [6, 6.07) is 9.17. The molecular formula is C14H19NO. The van der Waals surface area contributed by atoms with E-state index in [-0.39, 0.29) is 11.6 Å². The SMILES string of the molecule is CC1(C)COC2c3ccccc3CCC2N1. The van der Waals surface area contributed by atoms with Crippen molar-refractivity contribution in [2.24, 2.45) is 0 Å². The average Bonchev–Trinajstić information content (AvgIpc) is 2.27. The number of hydrogen-bond donors (Lipinski definition) is 1. The number of morpholine rings is 1. The molecule has 86 valence electrons. The smallest absolute Gasteiger partial charge is 0.0981 e. The summed E-state index contributed by atoms with van der Waals surface area (Å²) in [5.41, 5.74) is 2.97. The highest BCUT2D eigenvalue weighted by Gasteiger charge is 2.38. The minimum atomic E-state index is 0.119. The maximum atomic E-state index is 6.06. The van der Waals surface area contributed by atoms with Crippen LogP contribution in [0.2, 0.25) is 0 Å². The van der Waals surface area contributed by atoms with Gasteiger partial charge in [0.15, 0.2) is 0 Å². The predicted octanol–water partition coefficient (Wildman–Crippen LogP) is 2.44. The summed E-state index contributed by atoms with van der Waals surface area (Å²) in [6.45, 7) is 5.22. The number of aryl methyl sites for hydroxylation is 1. The van der Waals surface area contributed by atoms with Gasteiger partial charge in [0.25, 0.3) is 0 Å². The van der Waals surface area contributed by atoms with Gasteiger partial charge in [0.05, 0.1) is 12.7 Å². The van der Waals surface area contributed by atoms with Gasteiger partial charge >= 0.3 is 0 Å². The number of benzene rings is 1. The van der Waals surface area contributed by atoms with Crippen molar-refractivity contribution in [3.63, 3.8) is 0 Å². The Morgan fingerprint density at radius 1 is 1.31 bits per heavy atom. The molecule has 2 nitrogen and oxygen atoms in total. The molecule has 16 heavy (non-hydrogen) atoms. The Morgan fingerprint density at radius 2 is 2.12 bits per heavy atom. The van der Waals surface area contributed by atoms with Crippen molar-refractivity contribution in [3.05, 3.63) is 35.4 Å². The first-order chi connectivity index (χ1) is 7.66. The third-order valence-corrected chi connectivity index (χ3v) is 3.65. The third-order valence-electron chi connectivity index (χ3n) is 3.65. The fourth-order valence-corrected chi connectivity index (χ4v) is 2.91. The van der Waals surface area contributed by atoms with E-state index < -0.39 is 0 Å². The number of nitrogens with one attached hydrogen (secondary N) is 1. The summed E-state index contributed by atoms with van der Waals surface area (Å²) >= 11 is 0. The topological polar surface area (TPSA) is 21.3 Å². The number of hydrogen-bond acceptors (Lipinski definition) is 2. The second-order valence-corrected chi connectivity index (χ2v) is 5.60. The Balaban J connectivity index is 1.92. The fourth-order valence-electron chi connectivity index (χ4n) is 2.91. The van der Waals surface area contributed by atoms with Crippen molar-refractivity contribution >= 4 is 0 Å². The molecule has 1 aromatic carbocycles. The minimum Gasteiger partial charge on any atom is -0.370 e. The standard InChI is InChI=1S/C14H19NO/c1-14(2)9-16-13-11-6-4-3-5-10(11)7-8-12(13)15-14/h3-6,12-13,15H,7-9H2,1-2H3. The van der Waals surface area contributed by atoms with Crippen LogP contribution in [-0.2, 0) is 11.2 Å². The molecule has 0 aromatic heterocycles. The highest BCUT2D eigenvalue weighted by Crippen LogP contribution is 2.36. The summed E-state index contributed by atoms with van der Waals surface area (Å²) < 4.78 is 6.06. The molecule has 2 aliphatic rings. The molecule has 0 spiro atoms. The zero-order valence-electron chi connectivity index (χ0n) is 9.99. The summed E-state index contributed by atoms with van der Waals surface area (Å²) in [4.78, 5) is 0. The van der Waals surface area contributed by atoms with Crippen LogP contribution in [0.5, 0.6) is 0 Å². The zero-order chi connectivity index (χ0) is 11.2. The van der Waals surface area contributed by atoms with Crippen LogP contribution in [0.25, 0.3) is 0 Å². The van der Waals surface area contributed by atoms with Gasteiger partial charge in [0.2, 0.25) is 0 Å².